The molecule has 0 radical (unpaired) electrons. The number of fused-ring (bicyclic) bond motifs is 1. The predicted octanol–water partition coefficient (Wildman–Crippen LogP) is 6.58. The molecule has 39 heavy (non-hydrogen) atoms. The summed E-state index contributed by atoms with van der Waals surface area (Å²) in [5, 5.41) is 17.5. The highest BCUT2D eigenvalue weighted by Crippen LogP contribution is 2.35. The Morgan fingerprint density at radius 2 is 1.72 bits per heavy atom. The summed E-state index contributed by atoms with van der Waals surface area (Å²) in [6, 6.07) is 7.16. The largest absolute Gasteiger partial charge is 0.444 e. The van der Waals surface area contributed by atoms with Crippen molar-refractivity contribution >= 4 is 6.09 Å². The molecule has 1 aliphatic carbocycles. The van der Waals surface area contributed by atoms with Crippen LogP contribution in [0, 0.1) is 17.0 Å². The van der Waals surface area contributed by atoms with E-state index in [1.165, 1.54) is 34.4 Å². The maximum atomic E-state index is 13.9. The molecule has 3 atom stereocenters. The number of nitrogens with one attached hydrogen (secondary N) is 2. The summed E-state index contributed by atoms with van der Waals surface area (Å²) in [6.07, 6.45) is 3.34. The van der Waals surface area contributed by atoms with E-state index in [4.69, 9.17) is 4.74 Å². The molecule has 0 saturated heterocycles. The number of rotatable bonds is 9. The fraction of sp³-hybridized carbons (Fsp3) is 0.594. The molecule has 2 aromatic carbocycles. The molecule has 0 aliphatic heterocycles. The summed E-state index contributed by atoms with van der Waals surface area (Å²) >= 11 is 0. The van der Waals surface area contributed by atoms with Gasteiger partial charge < -0.3 is 20.5 Å². The summed E-state index contributed by atoms with van der Waals surface area (Å²) in [4.78, 5) is 12.6. The highest BCUT2D eigenvalue weighted by Gasteiger charge is 2.28. The van der Waals surface area contributed by atoms with Gasteiger partial charge in [-0.1, -0.05) is 39.8 Å². The van der Waals surface area contributed by atoms with E-state index in [0.29, 0.717) is 5.56 Å². The molecule has 0 aromatic heterocycles. The van der Waals surface area contributed by atoms with Crippen molar-refractivity contribution in [3.63, 3.8) is 0 Å². The fourth-order valence-electron chi connectivity index (χ4n) is 5.45. The first kappa shape index (κ1) is 31.0. The molecule has 0 saturated carbocycles. The van der Waals surface area contributed by atoms with Crippen molar-refractivity contribution < 1.29 is 23.4 Å². The van der Waals surface area contributed by atoms with E-state index < -0.39 is 35.5 Å². The number of alkyl carbamates (subject to hydrolysis) is 1. The molecule has 3 N–H and O–H groups in total. The summed E-state index contributed by atoms with van der Waals surface area (Å²) in [5.41, 5.74) is 5.18. The number of hydrogen-bond donors (Lipinski definition) is 3. The van der Waals surface area contributed by atoms with Gasteiger partial charge in [-0.3, -0.25) is 0 Å². The SMILES string of the molecule is CCc1cc(CC(C)(C)C)cc2c1CCCC2NC[C@@H](O)[C@H](Cc1cc(F)cc(F)c1)NC(=O)OC(C)(C)C. The minimum atomic E-state index is -1.02. The van der Waals surface area contributed by atoms with E-state index in [0.717, 1.165) is 38.2 Å². The zero-order valence-corrected chi connectivity index (χ0v) is 24.6. The van der Waals surface area contributed by atoms with Crippen molar-refractivity contribution in [2.75, 3.05) is 6.54 Å². The lowest BCUT2D eigenvalue weighted by Gasteiger charge is -2.32. The first-order valence-corrected chi connectivity index (χ1v) is 14.1. The highest BCUT2D eigenvalue weighted by molar-refractivity contribution is 5.68. The fourth-order valence-corrected chi connectivity index (χ4v) is 5.45. The predicted molar refractivity (Wildman–Crippen MR) is 152 cm³/mol. The van der Waals surface area contributed by atoms with Gasteiger partial charge in [-0.05, 0) is 105 Å². The van der Waals surface area contributed by atoms with E-state index >= 15 is 0 Å². The summed E-state index contributed by atoms with van der Waals surface area (Å²) in [7, 11) is 0. The van der Waals surface area contributed by atoms with E-state index in [-0.39, 0.29) is 24.4 Å². The van der Waals surface area contributed by atoms with Crippen molar-refractivity contribution in [3.8, 4) is 0 Å². The van der Waals surface area contributed by atoms with Gasteiger partial charge in [0, 0.05) is 18.7 Å². The van der Waals surface area contributed by atoms with Crippen LogP contribution in [0.3, 0.4) is 0 Å². The summed E-state index contributed by atoms with van der Waals surface area (Å²) < 4.78 is 33.1. The Balaban J connectivity index is 1.80. The molecule has 0 fully saturated rings. The number of ether oxygens (including phenoxy) is 1. The molecule has 1 amide bonds. The number of benzene rings is 2. The van der Waals surface area contributed by atoms with Crippen LogP contribution in [0.5, 0.6) is 0 Å². The van der Waals surface area contributed by atoms with Crippen molar-refractivity contribution in [2.45, 2.75) is 111 Å². The second kappa shape index (κ2) is 12.8. The van der Waals surface area contributed by atoms with Gasteiger partial charge in [0.1, 0.15) is 17.2 Å². The third-order valence-corrected chi connectivity index (χ3v) is 6.96. The molecular formula is C32H46F2N2O3. The monoisotopic (exact) mass is 544 g/mol. The van der Waals surface area contributed by atoms with Crippen LogP contribution in [0.1, 0.15) is 95.2 Å². The van der Waals surface area contributed by atoms with Gasteiger partial charge in [0.25, 0.3) is 0 Å². The Bertz CT molecular complexity index is 1120. The second-order valence-electron chi connectivity index (χ2n) is 13.1. The number of halogens is 2. The normalized spacial score (nSPS) is 17.3. The molecule has 7 heteroatoms. The molecule has 0 heterocycles. The Morgan fingerprint density at radius 3 is 2.31 bits per heavy atom. The maximum absolute atomic E-state index is 13.9. The molecule has 216 valence electrons. The van der Waals surface area contributed by atoms with Crippen LogP contribution in [0.15, 0.2) is 30.3 Å². The van der Waals surface area contributed by atoms with E-state index in [2.05, 4.69) is 50.5 Å². The van der Waals surface area contributed by atoms with Gasteiger partial charge >= 0.3 is 6.09 Å². The highest BCUT2D eigenvalue weighted by atomic mass is 19.1. The molecule has 0 spiro atoms. The topological polar surface area (TPSA) is 70.6 Å². The summed E-state index contributed by atoms with van der Waals surface area (Å²) in [6.45, 7) is 14.4. The Morgan fingerprint density at radius 1 is 1.05 bits per heavy atom. The van der Waals surface area contributed by atoms with Gasteiger partial charge in [-0.2, -0.15) is 0 Å². The third-order valence-electron chi connectivity index (χ3n) is 6.96. The zero-order valence-electron chi connectivity index (χ0n) is 24.6. The lowest BCUT2D eigenvalue weighted by Crippen LogP contribution is -2.50. The molecule has 5 nitrogen and oxygen atoms in total. The zero-order chi connectivity index (χ0) is 29.0. The third kappa shape index (κ3) is 9.57. The number of aliphatic hydroxyl groups excluding tert-OH is 1. The van der Waals surface area contributed by atoms with E-state index in [1.807, 2.05) is 0 Å². The Kier molecular flexibility index (Phi) is 10.2. The number of aliphatic hydroxyl groups is 1. The summed E-state index contributed by atoms with van der Waals surface area (Å²) in [5.74, 6) is -1.41. The molecular weight excluding hydrogens is 498 g/mol. The van der Waals surface area contributed by atoms with Crippen molar-refractivity contribution in [2.24, 2.45) is 5.41 Å². The van der Waals surface area contributed by atoms with Crippen LogP contribution in [-0.4, -0.2) is 35.5 Å². The number of carbonyl (C=O) groups is 1. The van der Waals surface area contributed by atoms with Gasteiger partial charge in [-0.25, -0.2) is 13.6 Å². The minimum absolute atomic E-state index is 0.0493. The lowest BCUT2D eigenvalue weighted by atomic mass is 9.80. The molecule has 1 unspecified atom stereocenters. The van der Waals surface area contributed by atoms with Gasteiger partial charge in [0.05, 0.1) is 12.1 Å². The average molecular weight is 545 g/mol. The number of carbonyl (C=O) groups excluding carboxylic acids is 1. The number of aryl methyl sites for hydroxylation is 1. The van der Waals surface area contributed by atoms with E-state index in [9.17, 15) is 18.7 Å². The van der Waals surface area contributed by atoms with Crippen LogP contribution in [0.2, 0.25) is 0 Å². The van der Waals surface area contributed by atoms with Crippen LogP contribution >= 0.6 is 0 Å². The molecule has 0 bridgehead atoms. The smallest absolute Gasteiger partial charge is 0.407 e. The lowest BCUT2D eigenvalue weighted by molar-refractivity contribution is 0.0419. The minimum Gasteiger partial charge on any atom is -0.444 e. The number of hydrogen-bond acceptors (Lipinski definition) is 4. The van der Waals surface area contributed by atoms with Gasteiger partial charge in [0.15, 0.2) is 0 Å². The number of amides is 1. The van der Waals surface area contributed by atoms with Gasteiger partial charge in [0.2, 0.25) is 0 Å². The van der Waals surface area contributed by atoms with Crippen molar-refractivity contribution in [1.29, 1.82) is 0 Å². The quantitative estimate of drug-likeness (QED) is 0.334. The standard InChI is InChI=1S/C32H46F2N2O3/c1-8-22-12-21(18-31(2,3)4)15-26-25(22)10-9-11-27(26)35-19-29(37)28(36-30(38)39-32(5,6)7)16-20-13-23(33)17-24(34)14-20/h12-15,17,27-29,35,37H,8-11,16,18-19H2,1-7H3,(H,36,38)/t27?,28-,29+/m0/s1. The first-order chi connectivity index (χ1) is 18.1. The Hall–Kier alpha value is -2.51. The van der Waals surface area contributed by atoms with Gasteiger partial charge in [-0.15, -0.1) is 0 Å². The van der Waals surface area contributed by atoms with Crippen LogP contribution in [0.25, 0.3) is 0 Å². The molecule has 3 rings (SSSR count). The van der Waals surface area contributed by atoms with Crippen LogP contribution < -0.4 is 10.6 Å². The average Bonchev–Trinajstić information content (AvgIpc) is 2.78. The molecule has 2 aromatic rings. The van der Waals surface area contributed by atoms with Crippen LogP contribution in [-0.2, 0) is 30.4 Å². The molecule has 1 aliphatic rings. The van der Waals surface area contributed by atoms with Crippen LogP contribution in [0.4, 0.5) is 13.6 Å². The van der Waals surface area contributed by atoms with E-state index in [1.54, 1.807) is 20.8 Å². The van der Waals surface area contributed by atoms with Crippen molar-refractivity contribution in [1.82, 2.24) is 10.6 Å². The first-order valence-electron chi connectivity index (χ1n) is 14.1. The Labute approximate surface area is 232 Å². The van der Waals surface area contributed by atoms with Crippen molar-refractivity contribution in [3.05, 3.63) is 69.8 Å². The maximum Gasteiger partial charge on any atom is 0.407 e. The second-order valence-corrected chi connectivity index (χ2v) is 13.1.